The van der Waals surface area contributed by atoms with E-state index in [9.17, 15) is 0 Å². The van der Waals surface area contributed by atoms with E-state index in [-0.39, 0.29) is 0 Å². The van der Waals surface area contributed by atoms with E-state index in [1.54, 1.807) is 0 Å². The van der Waals surface area contributed by atoms with E-state index in [0.29, 0.717) is 12.5 Å². The molecule has 0 bridgehead atoms. The van der Waals surface area contributed by atoms with E-state index in [4.69, 9.17) is 4.74 Å². The van der Waals surface area contributed by atoms with Crippen molar-refractivity contribution < 1.29 is 4.74 Å². The molecule has 1 fully saturated rings. The van der Waals surface area contributed by atoms with Crippen molar-refractivity contribution in [1.29, 1.82) is 0 Å². The second kappa shape index (κ2) is 5.12. The third-order valence-electron chi connectivity index (χ3n) is 2.51. The molecule has 0 amide bonds. The molecule has 1 aliphatic heterocycles. The van der Waals surface area contributed by atoms with Crippen LogP contribution in [0.2, 0.25) is 0 Å². The van der Waals surface area contributed by atoms with Crippen molar-refractivity contribution in [2.24, 2.45) is 0 Å². The number of hydrogen-bond acceptors (Lipinski definition) is 5. The molecule has 2 heterocycles. The van der Waals surface area contributed by atoms with E-state index in [1.165, 1.54) is 0 Å². The minimum Gasteiger partial charge on any atom is -0.478 e. The molecule has 0 aromatic carbocycles. The molecule has 0 unspecified atom stereocenters. The van der Waals surface area contributed by atoms with Crippen LogP contribution in [0.5, 0.6) is 5.88 Å². The number of anilines is 1. The number of rotatable bonds is 3. The molecule has 0 atom stereocenters. The van der Waals surface area contributed by atoms with Crippen molar-refractivity contribution in [2.75, 3.05) is 37.7 Å². The van der Waals surface area contributed by atoms with Crippen LogP contribution in [-0.4, -0.2) is 42.8 Å². The molecule has 16 heavy (non-hydrogen) atoms. The SMILES string of the molecule is CCOc1cc(C)nc(N2CCNCC2)n1. The van der Waals surface area contributed by atoms with Gasteiger partial charge >= 0.3 is 0 Å². The standard InChI is InChI=1S/C11H18N4O/c1-3-16-10-8-9(2)13-11(14-10)15-6-4-12-5-7-15/h8,12H,3-7H2,1-2H3. The molecule has 1 aromatic rings. The van der Waals surface area contributed by atoms with Gasteiger partial charge in [0.25, 0.3) is 0 Å². The summed E-state index contributed by atoms with van der Waals surface area (Å²) in [5.74, 6) is 1.45. The number of nitrogens with one attached hydrogen (secondary N) is 1. The largest absolute Gasteiger partial charge is 0.478 e. The first-order chi connectivity index (χ1) is 7.79. The van der Waals surface area contributed by atoms with E-state index < -0.39 is 0 Å². The van der Waals surface area contributed by atoms with Gasteiger partial charge in [0.15, 0.2) is 0 Å². The summed E-state index contributed by atoms with van der Waals surface area (Å²) in [4.78, 5) is 11.0. The van der Waals surface area contributed by atoms with Crippen LogP contribution in [0.15, 0.2) is 6.07 Å². The van der Waals surface area contributed by atoms with Crippen LogP contribution in [0.25, 0.3) is 0 Å². The molecule has 0 spiro atoms. The predicted molar refractivity (Wildman–Crippen MR) is 63.0 cm³/mol. The highest BCUT2D eigenvalue weighted by Crippen LogP contribution is 2.15. The highest BCUT2D eigenvalue weighted by molar-refractivity contribution is 5.34. The molecule has 0 aliphatic carbocycles. The minimum absolute atomic E-state index is 0.636. The van der Waals surface area contributed by atoms with Gasteiger partial charge in [0.1, 0.15) is 0 Å². The minimum atomic E-state index is 0.636. The summed E-state index contributed by atoms with van der Waals surface area (Å²) < 4.78 is 5.42. The second-order valence-electron chi connectivity index (χ2n) is 3.82. The Morgan fingerprint density at radius 2 is 2.12 bits per heavy atom. The zero-order valence-electron chi connectivity index (χ0n) is 9.86. The van der Waals surface area contributed by atoms with Crippen LogP contribution in [0.1, 0.15) is 12.6 Å². The molecule has 1 aliphatic rings. The van der Waals surface area contributed by atoms with Crippen molar-refractivity contribution in [2.45, 2.75) is 13.8 Å². The Labute approximate surface area is 95.8 Å². The Morgan fingerprint density at radius 1 is 1.38 bits per heavy atom. The monoisotopic (exact) mass is 222 g/mol. The lowest BCUT2D eigenvalue weighted by Gasteiger charge is -2.27. The molecule has 88 valence electrons. The molecule has 1 aromatic heterocycles. The van der Waals surface area contributed by atoms with Crippen molar-refractivity contribution in [3.8, 4) is 5.88 Å². The fourth-order valence-corrected chi connectivity index (χ4v) is 1.75. The van der Waals surface area contributed by atoms with E-state index in [2.05, 4.69) is 20.2 Å². The molecule has 5 heteroatoms. The predicted octanol–water partition coefficient (Wildman–Crippen LogP) is 0.593. The maximum Gasteiger partial charge on any atom is 0.228 e. The first kappa shape index (κ1) is 11.1. The number of piperazine rings is 1. The van der Waals surface area contributed by atoms with Crippen LogP contribution in [0.3, 0.4) is 0 Å². The van der Waals surface area contributed by atoms with E-state index in [0.717, 1.165) is 37.8 Å². The van der Waals surface area contributed by atoms with Gasteiger partial charge in [-0.25, -0.2) is 4.98 Å². The fraction of sp³-hybridized carbons (Fsp3) is 0.636. The molecule has 0 radical (unpaired) electrons. The zero-order valence-corrected chi connectivity index (χ0v) is 9.86. The first-order valence-electron chi connectivity index (χ1n) is 5.73. The van der Waals surface area contributed by atoms with Crippen LogP contribution in [0, 0.1) is 6.92 Å². The highest BCUT2D eigenvalue weighted by atomic mass is 16.5. The zero-order chi connectivity index (χ0) is 11.4. The normalized spacial score (nSPS) is 16.2. The Kier molecular flexibility index (Phi) is 3.56. The summed E-state index contributed by atoms with van der Waals surface area (Å²) in [6, 6.07) is 1.87. The van der Waals surface area contributed by atoms with E-state index in [1.807, 2.05) is 19.9 Å². The smallest absolute Gasteiger partial charge is 0.228 e. The molecule has 1 N–H and O–H groups in total. The molecular weight excluding hydrogens is 204 g/mol. The van der Waals surface area contributed by atoms with Crippen molar-refractivity contribution >= 4 is 5.95 Å². The topological polar surface area (TPSA) is 50.3 Å². The molecule has 2 rings (SSSR count). The third-order valence-corrected chi connectivity index (χ3v) is 2.51. The summed E-state index contributed by atoms with van der Waals surface area (Å²) in [5.41, 5.74) is 0.951. The van der Waals surface area contributed by atoms with Crippen molar-refractivity contribution in [3.63, 3.8) is 0 Å². The van der Waals surface area contributed by atoms with Gasteiger partial charge in [-0.15, -0.1) is 0 Å². The van der Waals surface area contributed by atoms with Crippen molar-refractivity contribution in [3.05, 3.63) is 11.8 Å². The molecule has 1 saturated heterocycles. The van der Waals surface area contributed by atoms with Gasteiger partial charge in [-0.05, 0) is 13.8 Å². The summed E-state index contributed by atoms with van der Waals surface area (Å²) in [6.07, 6.45) is 0. The van der Waals surface area contributed by atoms with Gasteiger partial charge in [0.2, 0.25) is 11.8 Å². The van der Waals surface area contributed by atoms with Gasteiger partial charge in [-0.3, -0.25) is 0 Å². The van der Waals surface area contributed by atoms with Gasteiger partial charge in [0.05, 0.1) is 6.61 Å². The lowest BCUT2D eigenvalue weighted by atomic mass is 10.4. The lowest BCUT2D eigenvalue weighted by molar-refractivity contribution is 0.325. The van der Waals surface area contributed by atoms with Gasteiger partial charge < -0.3 is 15.0 Å². The Balaban J connectivity index is 2.18. The maximum atomic E-state index is 5.42. The first-order valence-corrected chi connectivity index (χ1v) is 5.73. The number of hydrogen-bond donors (Lipinski definition) is 1. The summed E-state index contributed by atoms with van der Waals surface area (Å²) >= 11 is 0. The van der Waals surface area contributed by atoms with Crippen LogP contribution in [0.4, 0.5) is 5.95 Å². The summed E-state index contributed by atoms with van der Waals surface area (Å²) in [6.45, 7) is 8.45. The number of aromatic nitrogens is 2. The van der Waals surface area contributed by atoms with Crippen LogP contribution in [-0.2, 0) is 0 Å². The van der Waals surface area contributed by atoms with Crippen LogP contribution >= 0.6 is 0 Å². The average molecular weight is 222 g/mol. The molecular formula is C11H18N4O. The number of nitrogens with zero attached hydrogens (tertiary/aromatic N) is 3. The fourth-order valence-electron chi connectivity index (χ4n) is 1.75. The molecule has 0 saturated carbocycles. The third kappa shape index (κ3) is 2.61. The van der Waals surface area contributed by atoms with Crippen LogP contribution < -0.4 is 15.0 Å². The average Bonchev–Trinajstić information content (AvgIpc) is 2.30. The lowest BCUT2D eigenvalue weighted by Crippen LogP contribution is -2.44. The Morgan fingerprint density at radius 3 is 2.81 bits per heavy atom. The Hall–Kier alpha value is -1.36. The Bertz CT molecular complexity index is 350. The maximum absolute atomic E-state index is 5.42. The van der Waals surface area contributed by atoms with E-state index >= 15 is 0 Å². The number of ether oxygens (including phenoxy) is 1. The van der Waals surface area contributed by atoms with Gasteiger partial charge in [-0.2, -0.15) is 4.98 Å². The van der Waals surface area contributed by atoms with Gasteiger partial charge in [-0.1, -0.05) is 0 Å². The highest BCUT2D eigenvalue weighted by Gasteiger charge is 2.14. The second-order valence-corrected chi connectivity index (χ2v) is 3.82. The summed E-state index contributed by atoms with van der Waals surface area (Å²) in [7, 11) is 0. The summed E-state index contributed by atoms with van der Waals surface area (Å²) in [5, 5.41) is 3.31. The van der Waals surface area contributed by atoms with Crippen molar-refractivity contribution in [1.82, 2.24) is 15.3 Å². The molecule has 5 nitrogen and oxygen atoms in total. The number of aryl methyl sites for hydroxylation is 1. The van der Waals surface area contributed by atoms with Gasteiger partial charge in [0, 0.05) is 37.9 Å². The quantitative estimate of drug-likeness (QED) is 0.811.